The van der Waals surface area contributed by atoms with E-state index >= 15 is 0 Å². The van der Waals surface area contributed by atoms with Gasteiger partial charge < -0.3 is 20.3 Å². The van der Waals surface area contributed by atoms with Gasteiger partial charge in [-0.05, 0) is 77.0 Å². The average molecular weight is 971 g/mol. The lowest BCUT2D eigenvalue weighted by Gasteiger charge is -2.22. The molecule has 0 rings (SSSR count). The van der Waals surface area contributed by atoms with Crippen LogP contribution in [0.3, 0.4) is 0 Å². The van der Waals surface area contributed by atoms with Crippen molar-refractivity contribution < 1.29 is 24.5 Å². The monoisotopic (exact) mass is 970 g/mol. The number of unbranched alkanes of at least 4 members (excludes halogenated alkanes) is 40. The van der Waals surface area contributed by atoms with Gasteiger partial charge in [0.1, 0.15) is 0 Å². The minimum absolute atomic E-state index is 0.00200. The molecule has 0 aliphatic heterocycles. The molecule has 0 saturated carbocycles. The Balaban J connectivity index is 3.40. The maximum absolute atomic E-state index is 12.5. The van der Waals surface area contributed by atoms with Gasteiger partial charge in [0, 0.05) is 12.8 Å². The molecular formula is C63H119NO5. The first kappa shape index (κ1) is 67.1. The molecule has 0 radical (unpaired) electrons. The summed E-state index contributed by atoms with van der Waals surface area (Å²) in [4.78, 5) is 24.5. The Bertz CT molecular complexity index is 1120. The second-order valence-electron chi connectivity index (χ2n) is 21.0. The third-order valence-corrected chi connectivity index (χ3v) is 14.1. The number of amides is 1. The molecule has 0 aromatic carbocycles. The Morgan fingerprint density at radius 3 is 1.17 bits per heavy atom. The fourth-order valence-electron chi connectivity index (χ4n) is 9.44. The fourth-order valence-corrected chi connectivity index (χ4v) is 9.44. The van der Waals surface area contributed by atoms with E-state index in [9.17, 15) is 19.8 Å². The van der Waals surface area contributed by atoms with Crippen molar-refractivity contribution in [2.75, 3.05) is 13.2 Å². The van der Waals surface area contributed by atoms with Gasteiger partial charge in [-0.2, -0.15) is 0 Å². The molecule has 6 heteroatoms. The summed E-state index contributed by atoms with van der Waals surface area (Å²) in [5.41, 5.74) is 0. The van der Waals surface area contributed by atoms with E-state index in [4.69, 9.17) is 4.74 Å². The normalized spacial score (nSPS) is 12.8. The van der Waals surface area contributed by atoms with Gasteiger partial charge >= 0.3 is 5.97 Å². The Kier molecular flexibility index (Phi) is 57.0. The van der Waals surface area contributed by atoms with Gasteiger partial charge in [0.15, 0.2) is 0 Å². The summed E-state index contributed by atoms with van der Waals surface area (Å²) < 4.78 is 5.47. The number of allylic oxidation sites excluding steroid dienone is 6. The van der Waals surface area contributed by atoms with Crippen LogP contribution in [0.25, 0.3) is 0 Å². The maximum Gasteiger partial charge on any atom is 0.305 e. The highest BCUT2D eigenvalue weighted by Crippen LogP contribution is 2.17. The summed E-state index contributed by atoms with van der Waals surface area (Å²) in [6.07, 6.45) is 73.0. The Labute approximate surface area is 430 Å². The van der Waals surface area contributed by atoms with Crippen LogP contribution in [-0.2, 0) is 14.3 Å². The van der Waals surface area contributed by atoms with Crippen molar-refractivity contribution in [2.24, 2.45) is 0 Å². The lowest BCUT2D eigenvalue weighted by atomic mass is 10.0. The molecule has 0 saturated heterocycles. The molecule has 2 atom stereocenters. The van der Waals surface area contributed by atoms with Crippen LogP contribution < -0.4 is 5.32 Å². The quantitative estimate of drug-likeness (QED) is 0.0321. The van der Waals surface area contributed by atoms with Gasteiger partial charge in [-0.1, -0.05) is 275 Å². The second-order valence-corrected chi connectivity index (χ2v) is 21.0. The lowest BCUT2D eigenvalue weighted by Crippen LogP contribution is -2.45. The van der Waals surface area contributed by atoms with E-state index in [0.717, 1.165) is 51.4 Å². The molecule has 1 amide bonds. The number of carbonyl (C=O) groups is 2. The molecule has 406 valence electrons. The Morgan fingerprint density at radius 2 is 0.754 bits per heavy atom. The molecule has 3 N–H and O–H groups in total. The molecule has 0 heterocycles. The van der Waals surface area contributed by atoms with E-state index in [2.05, 4.69) is 55.6 Å². The molecule has 69 heavy (non-hydrogen) atoms. The number of hydrogen-bond donors (Lipinski definition) is 3. The number of aliphatic hydroxyl groups excluding tert-OH is 2. The van der Waals surface area contributed by atoms with Crippen LogP contribution in [0, 0.1) is 0 Å². The highest BCUT2D eigenvalue weighted by molar-refractivity contribution is 5.76. The summed E-state index contributed by atoms with van der Waals surface area (Å²) in [7, 11) is 0. The van der Waals surface area contributed by atoms with Crippen molar-refractivity contribution in [1.82, 2.24) is 5.32 Å². The average Bonchev–Trinajstić information content (AvgIpc) is 3.35. The van der Waals surface area contributed by atoms with Crippen molar-refractivity contribution in [3.63, 3.8) is 0 Å². The van der Waals surface area contributed by atoms with Crippen LogP contribution >= 0.6 is 0 Å². The van der Waals surface area contributed by atoms with Gasteiger partial charge in [0.2, 0.25) is 5.91 Å². The van der Waals surface area contributed by atoms with Gasteiger partial charge in [-0.25, -0.2) is 0 Å². The molecule has 0 fully saturated rings. The number of nitrogens with one attached hydrogen (secondary N) is 1. The molecule has 2 unspecified atom stereocenters. The largest absolute Gasteiger partial charge is 0.466 e. The van der Waals surface area contributed by atoms with E-state index in [1.807, 2.05) is 0 Å². The third-order valence-electron chi connectivity index (χ3n) is 14.1. The SMILES string of the molecule is CCC/C=C\C/C=C\CCCCCCCC(=O)OCCCCCCCCCCCCCC/C=C\CCCCCCCCCCCC(=O)NC(CO)C(O)CCCCCCCCCCCCCCCC. The fraction of sp³-hybridized carbons (Fsp3) is 0.873. The zero-order valence-corrected chi connectivity index (χ0v) is 46.3. The molecule has 0 spiro atoms. The van der Waals surface area contributed by atoms with Gasteiger partial charge in [-0.15, -0.1) is 0 Å². The van der Waals surface area contributed by atoms with Gasteiger partial charge in [0.05, 0.1) is 25.4 Å². The van der Waals surface area contributed by atoms with E-state index in [0.29, 0.717) is 25.9 Å². The second kappa shape index (κ2) is 58.6. The standard InChI is InChI=1S/C63H119NO5/c1-3-5-7-9-11-13-15-17-32-35-39-43-47-51-55-61(66)60(59-65)64-62(67)56-52-48-44-40-36-33-29-27-25-23-21-19-18-20-22-24-26-28-30-34-38-42-46-50-54-58-69-63(68)57-53-49-45-41-37-31-16-14-12-10-8-6-4-2/h8,10,14,16,19,21,60-61,65-66H,3-7,9,11-13,15,17-18,20,22-59H2,1-2H3,(H,64,67)/b10-8-,16-14-,21-19-. The summed E-state index contributed by atoms with van der Waals surface area (Å²) in [6.45, 7) is 4.89. The van der Waals surface area contributed by atoms with Crippen LogP contribution in [-0.4, -0.2) is 47.4 Å². The van der Waals surface area contributed by atoms with Crippen LogP contribution in [0.2, 0.25) is 0 Å². The first-order chi connectivity index (χ1) is 34.0. The van der Waals surface area contributed by atoms with Crippen molar-refractivity contribution in [3.05, 3.63) is 36.5 Å². The zero-order chi connectivity index (χ0) is 50.0. The number of aliphatic hydroxyl groups is 2. The van der Waals surface area contributed by atoms with Crippen molar-refractivity contribution in [3.8, 4) is 0 Å². The van der Waals surface area contributed by atoms with Crippen molar-refractivity contribution in [2.45, 2.75) is 341 Å². The first-order valence-electron chi connectivity index (χ1n) is 30.7. The zero-order valence-electron chi connectivity index (χ0n) is 46.3. The summed E-state index contributed by atoms with van der Waals surface area (Å²) in [5, 5.41) is 23.3. The Hall–Kier alpha value is -1.92. The molecule has 0 bridgehead atoms. The maximum atomic E-state index is 12.5. The minimum Gasteiger partial charge on any atom is -0.466 e. The van der Waals surface area contributed by atoms with Gasteiger partial charge in [0.25, 0.3) is 0 Å². The molecule has 0 aliphatic carbocycles. The molecular weight excluding hydrogens is 851 g/mol. The van der Waals surface area contributed by atoms with E-state index in [1.54, 1.807) is 0 Å². The van der Waals surface area contributed by atoms with Crippen LogP contribution in [0.4, 0.5) is 0 Å². The van der Waals surface area contributed by atoms with Crippen LogP contribution in [0.15, 0.2) is 36.5 Å². The van der Waals surface area contributed by atoms with Gasteiger partial charge in [-0.3, -0.25) is 9.59 Å². The van der Waals surface area contributed by atoms with E-state index < -0.39 is 12.1 Å². The number of esters is 1. The predicted octanol–water partition coefficient (Wildman–Crippen LogP) is 19.2. The van der Waals surface area contributed by atoms with E-state index in [1.165, 1.54) is 244 Å². The minimum atomic E-state index is -0.666. The summed E-state index contributed by atoms with van der Waals surface area (Å²) >= 11 is 0. The topological polar surface area (TPSA) is 95.9 Å². The van der Waals surface area contributed by atoms with E-state index in [-0.39, 0.29) is 18.5 Å². The van der Waals surface area contributed by atoms with Crippen molar-refractivity contribution >= 4 is 11.9 Å². The lowest BCUT2D eigenvalue weighted by molar-refractivity contribution is -0.143. The number of rotatable bonds is 57. The smallest absolute Gasteiger partial charge is 0.305 e. The number of hydrogen-bond acceptors (Lipinski definition) is 5. The predicted molar refractivity (Wildman–Crippen MR) is 301 cm³/mol. The highest BCUT2D eigenvalue weighted by atomic mass is 16.5. The third kappa shape index (κ3) is 55.2. The molecule has 0 aromatic rings. The van der Waals surface area contributed by atoms with Crippen LogP contribution in [0.5, 0.6) is 0 Å². The van der Waals surface area contributed by atoms with Crippen molar-refractivity contribution in [1.29, 1.82) is 0 Å². The first-order valence-corrected chi connectivity index (χ1v) is 30.7. The number of ether oxygens (including phenoxy) is 1. The highest BCUT2D eigenvalue weighted by Gasteiger charge is 2.20. The molecule has 0 aliphatic rings. The Morgan fingerprint density at radius 1 is 0.406 bits per heavy atom. The summed E-state index contributed by atoms with van der Waals surface area (Å²) in [6, 6.07) is -0.543. The molecule has 0 aromatic heterocycles. The molecule has 6 nitrogen and oxygen atoms in total. The number of carbonyl (C=O) groups excluding carboxylic acids is 2. The summed E-state index contributed by atoms with van der Waals surface area (Å²) in [5.74, 6) is -0.0392. The van der Waals surface area contributed by atoms with Crippen LogP contribution in [0.1, 0.15) is 328 Å².